The third-order valence-electron chi connectivity index (χ3n) is 2.40. The van der Waals surface area contributed by atoms with E-state index in [0.717, 1.165) is 23.1 Å². The van der Waals surface area contributed by atoms with Crippen LogP contribution in [-0.2, 0) is 9.59 Å². The average molecular weight is 241 g/mol. The predicted molar refractivity (Wildman–Crippen MR) is 56.9 cm³/mol. The number of likely N-dealkylation sites (N-methyl/N-ethyl adjacent to an activating group) is 1. The van der Waals surface area contributed by atoms with E-state index in [4.69, 9.17) is 5.11 Å². The van der Waals surface area contributed by atoms with Crippen LogP contribution in [0.5, 0.6) is 5.75 Å². The Morgan fingerprint density at radius 1 is 1.41 bits per heavy atom. The molecule has 0 aliphatic rings. The number of phenolic OH excluding ortho intramolecular Hbond substituents is 1. The van der Waals surface area contributed by atoms with Crippen LogP contribution in [0.25, 0.3) is 0 Å². The maximum Gasteiger partial charge on any atom is 0.331 e. The summed E-state index contributed by atoms with van der Waals surface area (Å²) in [5.41, 5.74) is -0.157. The van der Waals surface area contributed by atoms with Crippen molar-refractivity contribution in [2.75, 3.05) is 7.05 Å². The highest BCUT2D eigenvalue weighted by Crippen LogP contribution is 2.29. The number of carboxylic acids is 1. The number of benzene rings is 1. The van der Waals surface area contributed by atoms with Gasteiger partial charge < -0.3 is 15.1 Å². The first-order valence-corrected chi connectivity index (χ1v) is 4.79. The van der Waals surface area contributed by atoms with Crippen LogP contribution in [0.3, 0.4) is 0 Å². The Balaban J connectivity index is 3.27. The monoisotopic (exact) mass is 241 g/mol. The molecule has 6 heteroatoms. The van der Waals surface area contributed by atoms with Crippen molar-refractivity contribution in [1.29, 1.82) is 0 Å². The van der Waals surface area contributed by atoms with E-state index in [0.29, 0.717) is 0 Å². The van der Waals surface area contributed by atoms with Gasteiger partial charge in [-0.15, -0.1) is 0 Å². The molecule has 0 saturated carbocycles. The minimum Gasteiger partial charge on any atom is -0.508 e. The summed E-state index contributed by atoms with van der Waals surface area (Å²) in [4.78, 5) is 23.1. The summed E-state index contributed by atoms with van der Waals surface area (Å²) in [7, 11) is 1.27. The van der Waals surface area contributed by atoms with Gasteiger partial charge in [0.15, 0.2) is 6.04 Å². The molecule has 1 atom stereocenters. The molecule has 0 fully saturated rings. The number of carboxylic acid groups (broad SMARTS) is 1. The van der Waals surface area contributed by atoms with Gasteiger partial charge in [0, 0.05) is 19.5 Å². The first-order valence-electron chi connectivity index (χ1n) is 4.79. The van der Waals surface area contributed by atoms with Crippen molar-refractivity contribution in [1.82, 2.24) is 4.90 Å². The molecule has 1 aromatic carbocycles. The van der Waals surface area contributed by atoms with Crippen molar-refractivity contribution in [3.05, 3.63) is 29.6 Å². The Hall–Kier alpha value is -2.11. The second-order valence-corrected chi connectivity index (χ2v) is 3.57. The van der Waals surface area contributed by atoms with Gasteiger partial charge in [0.2, 0.25) is 5.91 Å². The fraction of sp³-hybridized carbons (Fsp3) is 0.273. The summed E-state index contributed by atoms with van der Waals surface area (Å²) in [5, 5.41) is 18.6. The summed E-state index contributed by atoms with van der Waals surface area (Å²) >= 11 is 0. The molecule has 17 heavy (non-hydrogen) atoms. The Kier molecular flexibility index (Phi) is 3.67. The van der Waals surface area contributed by atoms with Crippen LogP contribution in [-0.4, -0.2) is 34.0 Å². The molecule has 1 rings (SSSR count). The summed E-state index contributed by atoms with van der Waals surface area (Å²) in [6, 6.07) is 1.54. The lowest BCUT2D eigenvalue weighted by atomic mass is 10.0. The van der Waals surface area contributed by atoms with Crippen molar-refractivity contribution in [3.63, 3.8) is 0 Å². The number of phenols is 1. The van der Waals surface area contributed by atoms with E-state index in [9.17, 15) is 19.1 Å². The molecule has 0 aliphatic heterocycles. The lowest BCUT2D eigenvalue weighted by Gasteiger charge is -2.24. The number of amides is 1. The fourth-order valence-corrected chi connectivity index (χ4v) is 1.43. The molecular weight excluding hydrogens is 229 g/mol. The number of halogens is 1. The number of hydrogen-bond donors (Lipinski definition) is 2. The Morgan fingerprint density at radius 3 is 2.47 bits per heavy atom. The zero-order chi connectivity index (χ0) is 13.2. The molecule has 0 saturated heterocycles. The lowest BCUT2D eigenvalue weighted by Crippen LogP contribution is -2.34. The third kappa shape index (κ3) is 2.72. The number of aliphatic carboxylic acids is 1. The summed E-state index contributed by atoms with van der Waals surface area (Å²) in [5.74, 6) is -2.89. The molecule has 1 amide bonds. The molecule has 5 nitrogen and oxygen atoms in total. The highest BCUT2D eigenvalue weighted by atomic mass is 19.1. The van der Waals surface area contributed by atoms with Gasteiger partial charge in [0.25, 0.3) is 0 Å². The molecule has 0 heterocycles. The first-order chi connectivity index (χ1) is 7.84. The Morgan fingerprint density at radius 2 is 2.00 bits per heavy atom. The first kappa shape index (κ1) is 13.0. The van der Waals surface area contributed by atoms with Gasteiger partial charge >= 0.3 is 5.97 Å². The number of hydrogen-bond acceptors (Lipinski definition) is 3. The minimum atomic E-state index is -1.41. The van der Waals surface area contributed by atoms with Gasteiger partial charge in [-0.05, 0) is 18.2 Å². The Bertz CT molecular complexity index is 461. The molecule has 0 aliphatic carbocycles. The van der Waals surface area contributed by atoms with Crippen LogP contribution < -0.4 is 0 Å². The number of aromatic hydroxyl groups is 1. The quantitative estimate of drug-likeness (QED) is 0.831. The predicted octanol–water partition coefficient (Wildman–Crippen LogP) is 1.14. The van der Waals surface area contributed by atoms with Gasteiger partial charge in [-0.3, -0.25) is 4.79 Å². The second kappa shape index (κ2) is 4.82. The van der Waals surface area contributed by atoms with Gasteiger partial charge in [-0.2, -0.15) is 0 Å². The largest absolute Gasteiger partial charge is 0.508 e. The minimum absolute atomic E-state index is 0.157. The van der Waals surface area contributed by atoms with Crippen molar-refractivity contribution in [3.8, 4) is 5.75 Å². The molecular formula is C11H12FNO4. The molecule has 0 spiro atoms. The van der Waals surface area contributed by atoms with E-state index in [1.165, 1.54) is 14.0 Å². The van der Waals surface area contributed by atoms with Crippen LogP contribution in [0.1, 0.15) is 18.5 Å². The van der Waals surface area contributed by atoms with Crippen molar-refractivity contribution in [2.45, 2.75) is 13.0 Å². The van der Waals surface area contributed by atoms with E-state index < -0.39 is 23.7 Å². The summed E-state index contributed by atoms with van der Waals surface area (Å²) < 4.78 is 13.0. The normalized spacial score (nSPS) is 11.9. The van der Waals surface area contributed by atoms with Crippen LogP contribution >= 0.6 is 0 Å². The van der Waals surface area contributed by atoms with E-state index in [1.807, 2.05) is 0 Å². The number of rotatable bonds is 3. The van der Waals surface area contributed by atoms with Crippen molar-refractivity contribution in [2.24, 2.45) is 0 Å². The highest BCUT2D eigenvalue weighted by molar-refractivity contribution is 5.83. The standard InChI is InChI=1S/C11H12FNO4/c1-6(14)13(2)10(11(16)17)8-5-7(12)3-4-9(8)15/h3-5,10,15H,1-2H3,(H,16,17). The Labute approximate surface area is 97.1 Å². The molecule has 1 aromatic rings. The van der Waals surface area contributed by atoms with Crippen molar-refractivity contribution < 1.29 is 24.2 Å². The molecule has 2 N–H and O–H groups in total. The van der Waals surface area contributed by atoms with Crippen LogP contribution in [0.15, 0.2) is 18.2 Å². The van der Waals surface area contributed by atoms with E-state index in [-0.39, 0.29) is 11.3 Å². The second-order valence-electron chi connectivity index (χ2n) is 3.57. The van der Waals surface area contributed by atoms with Crippen LogP contribution in [0.2, 0.25) is 0 Å². The topological polar surface area (TPSA) is 77.8 Å². The smallest absolute Gasteiger partial charge is 0.331 e. The maximum atomic E-state index is 13.0. The molecule has 0 radical (unpaired) electrons. The average Bonchev–Trinajstić information content (AvgIpc) is 2.22. The van der Waals surface area contributed by atoms with Gasteiger partial charge in [-0.25, -0.2) is 9.18 Å². The van der Waals surface area contributed by atoms with Crippen LogP contribution in [0, 0.1) is 5.82 Å². The zero-order valence-electron chi connectivity index (χ0n) is 9.35. The fourth-order valence-electron chi connectivity index (χ4n) is 1.43. The number of carbonyl (C=O) groups excluding carboxylic acids is 1. The molecule has 0 bridgehead atoms. The van der Waals surface area contributed by atoms with Crippen molar-refractivity contribution >= 4 is 11.9 Å². The van der Waals surface area contributed by atoms with Gasteiger partial charge in [0.1, 0.15) is 11.6 Å². The molecule has 1 unspecified atom stereocenters. The van der Waals surface area contributed by atoms with Gasteiger partial charge in [-0.1, -0.05) is 0 Å². The number of carbonyl (C=O) groups is 2. The maximum absolute atomic E-state index is 13.0. The van der Waals surface area contributed by atoms with E-state index in [2.05, 4.69) is 0 Å². The van der Waals surface area contributed by atoms with E-state index >= 15 is 0 Å². The summed E-state index contributed by atoms with van der Waals surface area (Å²) in [6.07, 6.45) is 0. The molecule has 0 aromatic heterocycles. The highest BCUT2D eigenvalue weighted by Gasteiger charge is 2.29. The summed E-state index contributed by atoms with van der Waals surface area (Å²) in [6.45, 7) is 1.19. The van der Waals surface area contributed by atoms with E-state index in [1.54, 1.807) is 0 Å². The lowest BCUT2D eigenvalue weighted by molar-refractivity contribution is -0.148. The van der Waals surface area contributed by atoms with Gasteiger partial charge in [0.05, 0.1) is 0 Å². The number of nitrogens with zero attached hydrogens (tertiary/aromatic N) is 1. The molecule has 92 valence electrons. The van der Waals surface area contributed by atoms with Crippen LogP contribution in [0.4, 0.5) is 4.39 Å². The third-order valence-corrected chi connectivity index (χ3v) is 2.40. The zero-order valence-corrected chi connectivity index (χ0v) is 9.35. The SMILES string of the molecule is CC(=O)N(C)C(C(=O)O)c1cc(F)ccc1O.